The normalized spacial score (nSPS) is 10.5. The van der Waals surface area contributed by atoms with Crippen LogP contribution in [0.1, 0.15) is 23.2 Å². The van der Waals surface area contributed by atoms with Gasteiger partial charge < -0.3 is 18.3 Å². The van der Waals surface area contributed by atoms with E-state index in [0.717, 1.165) is 0 Å². The molecule has 0 spiro atoms. The van der Waals surface area contributed by atoms with Crippen LogP contribution in [0.15, 0.2) is 51.5 Å². The van der Waals surface area contributed by atoms with Crippen molar-refractivity contribution in [3.63, 3.8) is 0 Å². The Morgan fingerprint density at radius 2 is 2.00 bits per heavy atom. The van der Waals surface area contributed by atoms with Gasteiger partial charge in [0.2, 0.25) is 0 Å². The van der Waals surface area contributed by atoms with Crippen molar-refractivity contribution in [1.29, 1.82) is 0 Å². The fraction of sp³-hybridized carbons (Fsp3) is 0.188. The summed E-state index contributed by atoms with van der Waals surface area (Å²) in [5.41, 5.74) is 0.416. The zero-order valence-electron chi connectivity index (χ0n) is 12.4. The highest BCUT2D eigenvalue weighted by molar-refractivity contribution is 5.89. The third-order valence-corrected chi connectivity index (χ3v) is 2.93. The van der Waals surface area contributed by atoms with Crippen LogP contribution in [0.2, 0.25) is 0 Å². The Bertz CT molecular complexity index is 762. The van der Waals surface area contributed by atoms with E-state index in [1.165, 1.54) is 6.26 Å². The van der Waals surface area contributed by atoms with Gasteiger partial charge in [-0.1, -0.05) is 0 Å². The molecule has 7 heteroatoms. The lowest BCUT2D eigenvalue weighted by Crippen LogP contribution is -2.05. The number of hydrogen-bond acceptors (Lipinski definition) is 7. The van der Waals surface area contributed by atoms with Gasteiger partial charge in [-0.3, -0.25) is 0 Å². The Labute approximate surface area is 131 Å². The third kappa shape index (κ3) is 3.57. The smallest absolute Gasteiger partial charge is 0.338 e. The molecule has 0 saturated carbocycles. The Balaban J connectivity index is 1.58. The molecule has 0 atom stereocenters. The molecule has 3 rings (SSSR count). The van der Waals surface area contributed by atoms with Crippen LogP contribution in [0.5, 0.6) is 5.75 Å². The van der Waals surface area contributed by atoms with Crippen LogP contribution in [0.4, 0.5) is 0 Å². The minimum Gasteiger partial charge on any atom is -0.494 e. The van der Waals surface area contributed by atoms with Crippen LogP contribution in [0.3, 0.4) is 0 Å². The molecular formula is C16H14N2O5. The van der Waals surface area contributed by atoms with Crippen molar-refractivity contribution in [3.05, 3.63) is 54.1 Å². The van der Waals surface area contributed by atoms with Crippen molar-refractivity contribution in [2.75, 3.05) is 6.61 Å². The van der Waals surface area contributed by atoms with Gasteiger partial charge in [-0.15, -0.1) is 10.2 Å². The van der Waals surface area contributed by atoms with Gasteiger partial charge in [-0.05, 0) is 43.3 Å². The lowest BCUT2D eigenvalue weighted by Gasteiger charge is -2.04. The fourth-order valence-corrected chi connectivity index (χ4v) is 1.88. The van der Waals surface area contributed by atoms with Crippen molar-refractivity contribution in [1.82, 2.24) is 10.2 Å². The highest BCUT2D eigenvalue weighted by Crippen LogP contribution is 2.18. The lowest BCUT2D eigenvalue weighted by molar-refractivity contribution is 0.0438. The average molecular weight is 314 g/mol. The van der Waals surface area contributed by atoms with E-state index in [0.29, 0.717) is 23.7 Å². The van der Waals surface area contributed by atoms with E-state index in [1.54, 1.807) is 36.4 Å². The molecule has 0 unspecified atom stereocenters. The van der Waals surface area contributed by atoms with Gasteiger partial charge in [-0.2, -0.15) is 0 Å². The highest BCUT2D eigenvalue weighted by atomic mass is 16.5. The number of carbonyl (C=O) groups is 1. The SMILES string of the molecule is CCOc1ccc(C(=O)OCc2nnc(-c3ccco3)o2)cc1. The number of benzene rings is 1. The number of furan rings is 1. The minimum absolute atomic E-state index is 0.111. The zero-order valence-corrected chi connectivity index (χ0v) is 12.4. The highest BCUT2D eigenvalue weighted by Gasteiger charge is 2.13. The maximum Gasteiger partial charge on any atom is 0.338 e. The number of carbonyl (C=O) groups excluding carboxylic acids is 1. The summed E-state index contributed by atoms with van der Waals surface area (Å²) in [6.45, 7) is 2.35. The Morgan fingerprint density at radius 1 is 1.17 bits per heavy atom. The number of esters is 1. The summed E-state index contributed by atoms with van der Waals surface area (Å²) in [6.07, 6.45) is 1.51. The molecule has 0 bridgehead atoms. The van der Waals surface area contributed by atoms with E-state index in [2.05, 4.69) is 10.2 Å². The molecular weight excluding hydrogens is 300 g/mol. The molecule has 0 fully saturated rings. The van der Waals surface area contributed by atoms with E-state index < -0.39 is 5.97 Å². The first-order valence-electron chi connectivity index (χ1n) is 7.02. The molecule has 1 aromatic carbocycles. The second kappa shape index (κ2) is 6.78. The van der Waals surface area contributed by atoms with Gasteiger partial charge in [-0.25, -0.2) is 4.79 Å². The Hall–Kier alpha value is -3.09. The number of hydrogen-bond donors (Lipinski definition) is 0. The lowest BCUT2D eigenvalue weighted by atomic mass is 10.2. The standard InChI is InChI=1S/C16H14N2O5/c1-2-20-12-7-5-11(6-8-12)16(19)22-10-14-17-18-15(23-14)13-4-3-9-21-13/h3-9H,2,10H2,1H3. The summed E-state index contributed by atoms with van der Waals surface area (Å²) < 4.78 is 20.9. The molecule has 0 aliphatic rings. The molecule has 0 aliphatic heterocycles. The monoisotopic (exact) mass is 314 g/mol. The molecule has 0 aliphatic carbocycles. The molecule has 0 radical (unpaired) electrons. The molecule has 0 saturated heterocycles. The van der Waals surface area contributed by atoms with Gasteiger partial charge in [0.25, 0.3) is 11.8 Å². The topological polar surface area (TPSA) is 87.6 Å². The predicted molar refractivity (Wildman–Crippen MR) is 78.7 cm³/mol. The van der Waals surface area contributed by atoms with Crippen molar-refractivity contribution >= 4 is 5.97 Å². The second-order valence-corrected chi connectivity index (χ2v) is 4.51. The van der Waals surface area contributed by atoms with Gasteiger partial charge in [0.1, 0.15) is 5.75 Å². The van der Waals surface area contributed by atoms with Gasteiger partial charge in [0, 0.05) is 0 Å². The number of rotatable bonds is 6. The van der Waals surface area contributed by atoms with E-state index in [4.69, 9.17) is 18.3 Å². The Kier molecular flexibility index (Phi) is 4.37. The predicted octanol–water partition coefficient (Wildman–Crippen LogP) is 3.09. The molecule has 23 heavy (non-hydrogen) atoms. The van der Waals surface area contributed by atoms with Crippen LogP contribution in [-0.2, 0) is 11.3 Å². The van der Waals surface area contributed by atoms with E-state index >= 15 is 0 Å². The maximum absolute atomic E-state index is 12.0. The molecule has 118 valence electrons. The van der Waals surface area contributed by atoms with Crippen LogP contribution in [0, 0.1) is 0 Å². The van der Waals surface area contributed by atoms with E-state index in [9.17, 15) is 4.79 Å². The molecule has 2 heterocycles. The average Bonchev–Trinajstić information content (AvgIpc) is 3.25. The van der Waals surface area contributed by atoms with Gasteiger partial charge in [0.05, 0.1) is 18.4 Å². The second-order valence-electron chi connectivity index (χ2n) is 4.51. The summed E-state index contributed by atoms with van der Waals surface area (Å²) in [4.78, 5) is 12.0. The number of ether oxygens (including phenoxy) is 2. The minimum atomic E-state index is -0.481. The molecule has 0 N–H and O–H groups in total. The maximum atomic E-state index is 12.0. The summed E-state index contributed by atoms with van der Waals surface area (Å²) in [6, 6.07) is 10.1. The molecule has 2 aromatic heterocycles. The third-order valence-electron chi connectivity index (χ3n) is 2.93. The first kappa shape index (κ1) is 14.8. The quantitative estimate of drug-likeness (QED) is 0.646. The van der Waals surface area contributed by atoms with Crippen molar-refractivity contribution in [2.24, 2.45) is 0 Å². The summed E-state index contributed by atoms with van der Waals surface area (Å²) in [7, 11) is 0. The summed E-state index contributed by atoms with van der Waals surface area (Å²) >= 11 is 0. The van der Waals surface area contributed by atoms with Crippen molar-refractivity contribution in [3.8, 4) is 17.4 Å². The fourth-order valence-electron chi connectivity index (χ4n) is 1.88. The van der Waals surface area contributed by atoms with Crippen LogP contribution >= 0.6 is 0 Å². The molecule has 7 nitrogen and oxygen atoms in total. The van der Waals surface area contributed by atoms with Crippen LogP contribution in [-0.4, -0.2) is 22.8 Å². The first-order valence-corrected chi connectivity index (χ1v) is 7.02. The van der Waals surface area contributed by atoms with E-state index in [-0.39, 0.29) is 18.4 Å². The Morgan fingerprint density at radius 3 is 2.70 bits per heavy atom. The zero-order chi connectivity index (χ0) is 16.1. The van der Waals surface area contributed by atoms with Crippen LogP contribution in [0.25, 0.3) is 11.7 Å². The largest absolute Gasteiger partial charge is 0.494 e. The van der Waals surface area contributed by atoms with Crippen LogP contribution < -0.4 is 4.74 Å². The summed E-state index contributed by atoms with van der Waals surface area (Å²) in [5, 5.41) is 7.63. The van der Waals surface area contributed by atoms with Crippen molar-refractivity contribution in [2.45, 2.75) is 13.5 Å². The molecule has 3 aromatic rings. The number of aromatic nitrogens is 2. The van der Waals surface area contributed by atoms with Crippen molar-refractivity contribution < 1.29 is 23.1 Å². The summed E-state index contributed by atoms with van der Waals surface area (Å²) in [5.74, 6) is 1.11. The van der Waals surface area contributed by atoms with Gasteiger partial charge >= 0.3 is 5.97 Å². The first-order chi connectivity index (χ1) is 11.3. The molecule has 0 amide bonds. The van der Waals surface area contributed by atoms with E-state index in [1.807, 2.05) is 6.92 Å². The van der Waals surface area contributed by atoms with Gasteiger partial charge in [0.15, 0.2) is 12.4 Å². The number of nitrogens with zero attached hydrogens (tertiary/aromatic N) is 2.